The Kier molecular flexibility index (Phi) is 3.17. The van der Waals surface area contributed by atoms with Gasteiger partial charge in [0.1, 0.15) is 17.6 Å². The first kappa shape index (κ1) is 11.3. The third-order valence-corrected chi connectivity index (χ3v) is 2.50. The molecule has 17 heavy (non-hydrogen) atoms. The molecule has 1 fully saturated rings. The van der Waals surface area contributed by atoms with Gasteiger partial charge < -0.3 is 16.4 Å². The predicted molar refractivity (Wildman–Crippen MR) is 59.9 cm³/mol. The normalized spacial score (nSPS) is 19.5. The third-order valence-electron chi connectivity index (χ3n) is 2.50. The maximum absolute atomic E-state index is 11.7. The number of carbonyl (C=O) groups is 2. The first-order chi connectivity index (χ1) is 8.16. The van der Waals surface area contributed by atoms with Crippen LogP contribution in [0.1, 0.15) is 23.3 Å². The lowest BCUT2D eigenvalue weighted by Crippen LogP contribution is -2.50. The van der Waals surface area contributed by atoms with Crippen molar-refractivity contribution in [3.8, 4) is 0 Å². The second-order valence-corrected chi connectivity index (χ2v) is 3.79. The SMILES string of the molecule is Nc1cnc(C(=O)NC2CCCNC2=O)cn1. The fourth-order valence-electron chi connectivity index (χ4n) is 1.60. The molecule has 1 unspecified atom stereocenters. The van der Waals surface area contributed by atoms with Crippen LogP contribution in [0, 0.1) is 0 Å². The zero-order valence-electron chi connectivity index (χ0n) is 9.14. The van der Waals surface area contributed by atoms with Crippen LogP contribution in [0.3, 0.4) is 0 Å². The van der Waals surface area contributed by atoms with E-state index < -0.39 is 11.9 Å². The minimum absolute atomic E-state index is 0.151. The molecule has 2 rings (SSSR count). The Morgan fingerprint density at radius 1 is 1.47 bits per heavy atom. The first-order valence-electron chi connectivity index (χ1n) is 5.33. The summed E-state index contributed by atoms with van der Waals surface area (Å²) < 4.78 is 0. The van der Waals surface area contributed by atoms with Crippen LogP contribution in [0.2, 0.25) is 0 Å². The lowest BCUT2D eigenvalue weighted by atomic mass is 10.1. The molecule has 0 saturated carbocycles. The highest BCUT2D eigenvalue weighted by atomic mass is 16.2. The van der Waals surface area contributed by atoms with Crippen LogP contribution in [0.15, 0.2) is 12.4 Å². The van der Waals surface area contributed by atoms with Crippen LogP contribution >= 0.6 is 0 Å². The smallest absolute Gasteiger partial charge is 0.272 e. The molecule has 2 amide bonds. The summed E-state index contributed by atoms with van der Waals surface area (Å²) in [5, 5.41) is 5.30. The van der Waals surface area contributed by atoms with Crippen molar-refractivity contribution >= 4 is 17.6 Å². The number of aromatic nitrogens is 2. The van der Waals surface area contributed by atoms with E-state index in [2.05, 4.69) is 20.6 Å². The summed E-state index contributed by atoms with van der Waals surface area (Å²) in [6, 6.07) is -0.490. The van der Waals surface area contributed by atoms with E-state index >= 15 is 0 Å². The van der Waals surface area contributed by atoms with Gasteiger partial charge in [-0.3, -0.25) is 9.59 Å². The van der Waals surface area contributed by atoms with Crippen molar-refractivity contribution < 1.29 is 9.59 Å². The van der Waals surface area contributed by atoms with Crippen LogP contribution in [0.4, 0.5) is 5.82 Å². The van der Waals surface area contributed by atoms with E-state index in [1.165, 1.54) is 12.4 Å². The molecule has 1 aliphatic heterocycles. The third kappa shape index (κ3) is 2.68. The van der Waals surface area contributed by atoms with Gasteiger partial charge in [-0.05, 0) is 12.8 Å². The Hall–Kier alpha value is -2.18. The molecule has 0 aliphatic carbocycles. The van der Waals surface area contributed by atoms with Gasteiger partial charge in [-0.15, -0.1) is 0 Å². The summed E-state index contributed by atoms with van der Waals surface area (Å²) >= 11 is 0. The number of nitrogen functional groups attached to an aromatic ring is 1. The fourth-order valence-corrected chi connectivity index (χ4v) is 1.60. The number of nitrogens with two attached hydrogens (primary N) is 1. The molecular formula is C10H13N5O2. The van der Waals surface area contributed by atoms with E-state index in [4.69, 9.17) is 5.73 Å². The highest BCUT2D eigenvalue weighted by Gasteiger charge is 2.24. The Balaban J connectivity index is 2.01. The number of hydrogen-bond acceptors (Lipinski definition) is 5. The van der Waals surface area contributed by atoms with Gasteiger partial charge in [0.05, 0.1) is 12.4 Å². The Morgan fingerprint density at radius 2 is 2.29 bits per heavy atom. The van der Waals surface area contributed by atoms with Crippen molar-refractivity contribution in [1.82, 2.24) is 20.6 Å². The van der Waals surface area contributed by atoms with Crippen molar-refractivity contribution in [2.45, 2.75) is 18.9 Å². The largest absolute Gasteiger partial charge is 0.382 e. The molecule has 0 aromatic carbocycles. The highest BCUT2D eigenvalue weighted by Crippen LogP contribution is 2.04. The van der Waals surface area contributed by atoms with Gasteiger partial charge in [0, 0.05) is 6.54 Å². The molecule has 7 nitrogen and oxygen atoms in total. The summed E-state index contributed by atoms with van der Waals surface area (Å²) in [6.07, 6.45) is 4.07. The molecule has 1 saturated heterocycles. The summed E-state index contributed by atoms with van der Waals surface area (Å²) in [4.78, 5) is 30.8. The number of carbonyl (C=O) groups excluding carboxylic acids is 2. The zero-order valence-corrected chi connectivity index (χ0v) is 9.14. The monoisotopic (exact) mass is 235 g/mol. The second-order valence-electron chi connectivity index (χ2n) is 3.79. The van der Waals surface area contributed by atoms with Gasteiger partial charge in [-0.2, -0.15) is 0 Å². The van der Waals surface area contributed by atoms with E-state index in [-0.39, 0.29) is 17.4 Å². The average molecular weight is 235 g/mol. The number of nitrogens with zero attached hydrogens (tertiary/aromatic N) is 2. The van der Waals surface area contributed by atoms with Gasteiger partial charge in [-0.25, -0.2) is 9.97 Å². The number of nitrogens with one attached hydrogen (secondary N) is 2. The van der Waals surface area contributed by atoms with Crippen LogP contribution in [0.25, 0.3) is 0 Å². The summed E-state index contributed by atoms with van der Waals surface area (Å²) in [5.41, 5.74) is 5.51. The highest BCUT2D eigenvalue weighted by molar-refractivity contribution is 5.96. The zero-order chi connectivity index (χ0) is 12.3. The molecular weight excluding hydrogens is 222 g/mol. The summed E-state index contributed by atoms with van der Waals surface area (Å²) in [7, 11) is 0. The quantitative estimate of drug-likeness (QED) is 0.613. The molecule has 2 heterocycles. The van der Waals surface area contributed by atoms with Crippen LogP contribution < -0.4 is 16.4 Å². The Bertz CT molecular complexity index is 431. The van der Waals surface area contributed by atoms with Crippen molar-refractivity contribution in [1.29, 1.82) is 0 Å². The number of hydrogen-bond donors (Lipinski definition) is 3. The van der Waals surface area contributed by atoms with Crippen LogP contribution in [-0.4, -0.2) is 34.4 Å². The molecule has 1 aromatic heterocycles. The lowest BCUT2D eigenvalue weighted by Gasteiger charge is -2.22. The molecule has 0 bridgehead atoms. The Labute approximate surface area is 97.8 Å². The topological polar surface area (TPSA) is 110 Å². The van der Waals surface area contributed by atoms with Crippen LogP contribution in [-0.2, 0) is 4.79 Å². The van der Waals surface area contributed by atoms with E-state index in [1.54, 1.807) is 0 Å². The van der Waals surface area contributed by atoms with Gasteiger partial charge in [-0.1, -0.05) is 0 Å². The van der Waals surface area contributed by atoms with Crippen molar-refractivity contribution in [2.24, 2.45) is 0 Å². The summed E-state index contributed by atoms with van der Waals surface area (Å²) in [6.45, 7) is 0.660. The minimum Gasteiger partial charge on any atom is -0.382 e. The average Bonchev–Trinajstić information content (AvgIpc) is 2.33. The molecule has 90 valence electrons. The molecule has 1 aliphatic rings. The molecule has 1 aromatic rings. The number of rotatable bonds is 2. The Morgan fingerprint density at radius 3 is 2.94 bits per heavy atom. The second kappa shape index (κ2) is 4.77. The fraction of sp³-hybridized carbons (Fsp3) is 0.400. The van der Waals surface area contributed by atoms with Crippen LogP contribution in [0.5, 0.6) is 0 Å². The number of piperidine rings is 1. The molecule has 0 radical (unpaired) electrons. The molecule has 7 heteroatoms. The van der Waals surface area contributed by atoms with Gasteiger partial charge in [0.2, 0.25) is 5.91 Å². The maximum atomic E-state index is 11.7. The summed E-state index contributed by atoms with van der Waals surface area (Å²) in [5.74, 6) is -0.329. The maximum Gasteiger partial charge on any atom is 0.272 e. The number of amides is 2. The van der Waals surface area contributed by atoms with Gasteiger partial charge >= 0.3 is 0 Å². The van der Waals surface area contributed by atoms with E-state index in [9.17, 15) is 9.59 Å². The molecule has 1 atom stereocenters. The van der Waals surface area contributed by atoms with Gasteiger partial charge in [0.15, 0.2) is 0 Å². The van der Waals surface area contributed by atoms with E-state index in [0.717, 1.165) is 6.42 Å². The van der Waals surface area contributed by atoms with Crippen molar-refractivity contribution in [3.63, 3.8) is 0 Å². The molecule has 4 N–H and O–H groups in total. The minimum atomic E-state index is -0.490. The number of anilines is 1. The first-order valence-corrected chi connectivity index (χ1v) is 5.33. The van der Waals surface area contributed by atoms with Crippen molar-refractivity contribution in [3.05, 3.63) is 18.1 Å². The standard InChI is InChI=1S/C10H13N5O2/c11-8-5-13-7(4-14-8)10(17)15-6-2-1-3-12-9(6)16/h4-6H,1-3H2,(H2,11,14)(H,12,16)(H,15,17). The van der Waals surface area contributed by atoms with Gasteiger partial charge in [0.25, 0.3) is 5.91 Å². The van der Waals surface area contributed by atoms with E-state index in [1.807, 2.05) is 0 Å². The predicted octanol–water partition coefficient (Wildman–Crippen LogP) is -0.933. The lowest BCUT2D eigenvalue weighted by molar-refractivity contribution is -0.124. The molecule has 0 spiro atoms. The van der Waals surface area contributed by atoms with E-state index in [0.29, 0.717) is 13.0 Å². The van der Waals surface area contributed by atoms with Crippen molar-refractivity contribution in [2.75, 3.05) is 12.3 Å².